The summed E-state index contributed by atoms with van der Waals surface area (Å²) in [6.45, 7) is 0. The summed E-state index contributed by atoms with van der Waals surface area (Å²) in [5.74, 6) is 0. The molecular weight excluding hydrogens is 371 g/mol. The van der Waals surface area contributed by atoms with E-state index in [1.54, 1.807) is 0 Å². The van der Waals surface area contributed by atoms with Crippen LogP contribution in [-0.4, -0.2) is 35.9 Å². The Labute approximate surface area is 140 Å². The van der Waals surface area contributed by atoms with Crippen molar-refractivity contribution in [2.24, 2.45) is 0 Å². The molecule has 0 spiro atoms. The number of rotatable bonds is 4. The minimum absolute atomic E-state index is 0.128. The van der Waals surface area contributed by atoms with Crippen molar-refractivity contribution in [1.82, 2.24) is 14.3 Å². The quantitative estimate of drug-likeness (QED) is 0.881. The summed E-state index contributed by atoms with van der Waals surface area (Å²) in [4.78, 5) is 16.5. The first-order valence-corrected chi connectivity index (χ1v) is 8.20. The Bertz CT molecular complexity index is 882. The highest BCUT2D eigenvalue weighted by molar-refractivity contribution is 7.89. The Kier molecular flexibility index (Phi) is 5.02. The van der Waals surface area contributed by atoms with Crippen LogP contribution in [0.3, 0.4) is 0 Å². The van der Waals surface area contributed by atoms with Gasteiger partial charge in [-0.1, -0.05) is 23.7 Å². The maximum Gasteiger partial charge on any atom is 0.409 e. The predicted octanol–water partition coefficient (Wildman–Crippen LogP) is 2.35. The van der Waals surface area contributed by atoms with Crippen molar-refractivity contribution in [3.63, 3.8) is 0 Å². The van der Waals surface area contributed by atoms with Crippen LogP contribution >= 0.6 is 11.6 Å². The maximum absolute atomic E-state index is 13.5. The molecule has 24 heavy (non-hydrogen) atoms. The van der Waals surface area contributed by atoms with Crippen molar-refractivity contribution in [2.75, 3.05) is 7.05 Å². The lowest BCUT2D eigenvalue weighted by Crippen LogP contribution is -2.40. The highest BCUT2D eigenvalue weighted by Gasteiger charge is 2.47. The minimum atomic E-state index is -4.89. The lowest BCUT2D eigenvalue weighted by atomic mass is 10.1. The van der Waals surface area contributed by atoms with Gasteiger partial charge in [-0.25, -0.2) is 8.42 Å². The number of hydrogen-bond acceptors (Lipinski definition) is 4. The number of hydrogen-bond donors (Lipinski definition) is 1. The molecule has 130 valence electrons. The van der Waals surface area contributed by atoms with Gasteiger partial charge in [-0.15, -0.1) is 0 Å². The van der Waals surface area contributed by atoms with Crippen LogP contribution in [0.25, 0.3) is 0 Å². The van der Waals surface area contributed by atoms with Gasteiger partial charge in [0, 0.05) is 12.1 Å². The van der Waals surface area contributed by atoms with E-state index in [9.17, 15) is 26.4 Å². The second kappa shape index (κ2) is 6.54. The number of sulfonamides is 1. The standard InChI is InChI=1S/C13H11ClF3N3O3S/c1-20(24(22,23)11-7-18-6-10(21)19-11)12(13(15,16)17)8-2-4-9(14)5-3-8/h2-7,12H,1H3,(H,19,21). The summed E-state index contributed by atoms with van der Waals surface area (Å²) in [6.07, 6.45) is -3.32. The molecule has 11 heteroatoms. The highest BCUT2D eigenvalue weighted by Crippen LogP contribution is 2.39. The first-order chi connectivity index (χ1) is 11.0. The third-order valence-electron chi connectivity index (χ3n) is 3.15. The van der Waals surface area contributed by atoms with Crippen molar-refractivity contribution in [3.05, 3.63) is 57.6 Å². The average molecular weight is 382 g/mol. The molecule has 1 heterocycles. The van der Waals surface area contributed by atoms with Crippen LogP contribution in [0.4, 0.5) is 13.2 Å². The van der Waals surface area contributed by atoms with Crippen LogP contribution in [0.5, 0.6) is 0 Å². The number of aromatic amines is 1. The predicted molar refractivity (Wildman–Crippen MR) is 80.1 cm³/mol. The lowest BCUT2D eigenvalue weighted by molar-refractivity contribution is -0.171. The third-order valence-corrected chi connectivity index (χ3v) is 5.13. The van der Waals surface area contributed by atoms with Crippen LogP contribution in [-0.2, 0) is 10.0 Å². The molecule has 0 radical (unpaired) electrons. The van der Waals surface area contributed by atoms with E-state index in [1.165, 1.54) is 12.1 Å². The van der Waals surface area contributed by atoms with E-state index in [0.29, 0.717) is 0 Å². The number of halogens is 4. The number of nitrogens with one attached hydrogen (secondary N) is 1. The molecule has 6 nitrogen and oxygen atoms in total. The number of benzene rings is 1. The van der Waals surface area contributed by atoms with E-state index in [-0.39, 0.29) is 14.9 Å². The Morgan fingerprint density at radius 3 is 2.29 bits per heavy atom. The zero-order valence-electron chi connectivity index (χ0n) is 12.1. The van der Waals surface area contributed by atoms with Gasteiger partial charge in [-0.05, 0) is 17.7 Å². The van der Waals surface area contributed by atoms with Gasteiger partial charge in [0.2, 0.25) is 0 Å². The van der Waals surface area contributed by atoms with Crippen LogP contribution in [0.15, 0.2) is 46.5 Å². The molecule has 1 unspecified atom stereocenters. The summed E-state index contributed by atoms with van der Waals surface area (Å²) >= 11 is 5.65. The van der Waals surface area contributed by atoms with E-state index in [1.807, 2.05) is 4.98 Å². The van der Waals surface area contributed by atoms with Gasteiger partial charge in [0.15, 0.2) is 5.03 Å². The highest BCUT2D eigenvalue weighted by atomic mass is 35.5. The number of aromatic nitrogens is 2. The smallest absolute Gasteiger partial charge is 0.309 e. The van der Waals surface area contributed by atoms with Gasteiger partial charge in [0.1, 0.15) is 6.04 Å². The molecule has 1 N–H and O–H groups in total. The van der Waals surface area contributed by atoms with Gasteiger partial charge in [0.05, 0.1) is 12.4 Å². The van der Waals surface area contributed by atoms with Crippen molar-refractivity contribution < 1.29 is 21.6 Å². The molecule has 1 aromatic carbocycles. The van der Waals surface area contributed by atoms with Crippen molar-refractivity contribution >= 4 is 21.6 Å². The van der Waals surface area contributed by atoms with Crippen molar-refractivity contribution in [2.45, 2.75) is 17.2 Å². The zero-order valence-corrected chi connectivity index (χ0v) is 13.7. The average Bonchev–Trinajstić information content (AvgIpc) is 2.48. The van der Waals surface area contributed by atoms with Crippen LogP contribution in [0.2, 0.25) is 5.02 Å². The molecule has 1 atom stereocenters. The molecule has 0 bridgehead atoms. The summed E-state index contributed by atoms with van der Waals surface area (Å²) in [6, 6.07) is 2.16. The molecule has 2 rings (SSSR count). The van der Waals surface area contributed by atoms with Crippen molar-refractivity contribution in [1.29, 1.82) is 0 Å². The fraction of sp³-hybridized carbons (Fsp3) is 0.231. The first-order valence-electron chi connectivity index (χ1n) is 6.38. The first kappa shape index (κ1) is 18.4. The van der Waals surface area contributed by atoms with Crippen LogP contribution in [0.1, 0.15) is 11.6 Å². The van der Waals surface area contributed by atoms with E-state index in [4.69, 9.17) is 11.6 Å². The molecule has 0 aliphatic carbocycles. The van der Waals surface area contributed by atoms with E-state index in [0.717, 1.165) is 31.6 Å². The second-order valence-corrected chi connectivity index (χ2v) is 7.18. The monoisotopic (exact) mass is 381 g/mol. The Balaban J connectivity index is 2.54. The van der Waals surface area contributed by atoms with Gasteiger partial charge in [-0.2, -0.15) is 17.5 Å². The third kappa shape index (κ3) is 3.77. The fourth-order valence-corrected chi connectivity index (χ4v) is 3.41. The molecule has 0 aliphatic heterocycles. The summed E-state index contributed by atoms with van der Waals surface area (Å²) in [5, 5.41) is -0.525. The van der Waals surface area contributed by atoms with E-state index < -0.39 is 32.8 Å². The molecule has 0 saturated carbocycles. The Morgan fingerprint density at radius 1 is 1.21 bits per heavy atom. The number of alkyl halides is 3. The topological polar surface area (TPSA) is 83.1 Å². The summed E-state index contributed by atoms with van der Waals surface area (Å²) < 4.78 is 65.3. The van der Waals surface area contributed by atoms with Crippen molar-refractivity contribution in [3.8, 4) is 0 Å². The van der Waals surface area contributed by atoms with Gasteiger partial charge < -0.3 is 4.98 Å². The minimum Gasteiger partial charge on any atom is -0.309 e. The van der Waals surface area contributed by atoms with Gasteiger partial charge in [-0.3, -0.25) is 9.78 Å². The Morgan fingerprint density at radius 2 is 1.79 bits per heavy atom. The van der Waals surface area contributed by atoms with E-state index in [2.05, 4.69) is 4.98 Å². The summed E-state index contributed by atoms with van der Waals surface area (Å²) in [5.41, 5.74) is -1.16. The lowest BCUT2D eigenvalue weighted by Gasteiger charge is -2.29. The molecule has 1 aromatic heterocycles. The molecule has 0 fully saturated rings. The van der Waals surface area contributed by atoms with Crippen LogP contribution in [0, 0.1) is 0 Å². The molecule has 0 saturated heterocycles. The SMILES string of the molecule is CN(C(c1ccc(Cl)cc1)C(F)(F)F)S(=O)(=O)c1cncc(=O)[nH]1. The largest absolute Gasteiger partial charge is 0.409 e. The number of nitrogens with zero attached hydrogens (tertiary/aromatic N) is 2. The van der Waals surface area contributed by atoms with Gasteiger partial charge >= 0.3 is 6.18 Å². The molecule has 0 aliphatic rings. The zero-order chi connectivity index (χ0) is 18.1. The summed E-state index contributed by atoms with van der Waals surface area (Å²) in [7, 11) is -3.87. The van der Waals surface area contributed by atoms with E-state index >= 15 is 0 Å². The second-order valence-electron chi connectivity index (χ2n) is 4.78. The molecular formula is C13H11ClF3N3O3S. The van der Waals surface area contributed by atoms with Gasteiger partial charge in [0.25, 0.3) is 15.6 Å². The Hall–Kier alpha value is -1.91. The fourth-order valence-electron chi connectivity index (χ4n) is 2.03. The van der Waals surface area contributed by atoms with Crippen LogP contribution < -0.4 is 5.56 Å². The molecule has 2 aromatic rings. The maximum atomic E-state index is 13.5. The number of H-pyrrole nitrogens is 1. The normalized spacial score (nSPS) is 13.9. The molecule has 0 amide bonds.